The van der Waals surface area contributed by atoms with Crippen molar-refractivity contribution in [1.82, 2.24) is 0 Å². The summed E-state index contributed by atoms with van der Waals surface area (Å²) in [6, 6.07) is 7.66. The van der Waals surface area contributed by atoms with E-state index < -0.39 is 5.60 Å². The summed E-state index contributed by atoms with van der Waals surface area (Å²) in [6.07, 6.45) is 0. The standard InChI is InChI=1S/C12H18BrNO/c1-8(9(2)14)12(3,15)10-4-6-11(13)7-5-10/h4-9,15H,14H2,1-3H3/t8?,9-,12+/m0/s1. The zero-order valence-electron chi connectivity index (χ0n) is 9.37. The van der Waals surface area contributed by atoms with Gasteiger partial charge in [-0.05, 0) is 31.5 Å². The lowest BCUT2D eigenvalue weighted by molar-refractivity contribution is -0.00659. The summed E-state index contributed by atoms with van der Waals surface area (Å²) < 4.78 is 1.01. The molecule has 0 fully saturated rings. The van der Waals surface area contributed by atoms with Crippen LogP contribution in [0, 0.1) is 5.92 Å². The fourth-order valence-electron chi connectivity index (χ4n) is 1.56. The molecule has 3 heteroatoms. The third-order valence-corrected chi connectivity index (χ3v) is 3.63. The lowest BCUT2D eigenvalue weighted by Crippen LogP contribution is -2.40. The van der Waals surface area contributed by atoms with Crippen LogP contribution >= 0.6 is 15.9 Å². The van der Waals surface area contributed by atoms with Crippen molar-refractivity contribution >= 4 is 15.9 Å². The molecule has 15 heavy (non-hydrogen) atoms. The van der Waals surface area contributed by atoms with Crippen molar-refractivity contribution in [3.05, 3.63) is 34.3 Å². The molecule has 1 unspecified atom stereocenters. The van der Waals surface area contributed by atoms with Gasteiger partial charge in [0.2, 0.25) is 0 Å². The molecule has 1 aromatic rings. The van der Waals surface area contributed by atoms with Crippen LogP contribution in [0.15, 0.2) is 28.7 Å². The van der Waals surface area contributed by atoms with Gasteiger partial charge in [0.1, 0.15) is 0 Å². The fraction of sp³-hybridized carbons (Fsp3) is 0.500. The van der Waals surface area contributed by atoms with Crippen molar-refractivity contribution in [3.8, 4) is 0 Å². The van der Waals surface area contributed by atoms with Crippen LogP contribution in [0.3, 0.4) is 0 Å². The second kappa shape index (κ2) is 4.64. The molecule has 0 spiro atoms. The van der Waals surface area contributed by atoms with Crippen LogP contribution in [0.1, 0.15) is 26.3 Å². The summed E-state index contributed by atoms with van der Waals surface area (Å²) in [4.78, 5) is 0. The summed E-state index contributed by atoms with van der Waals surface area (Å²) in [5.74, 6) is 0.0127. The van der Waals surface area contributed by atoms with Gasteiger partial charge in [-0.1, -0.05) is 35.0 Å². The minimum Gasteiger partial charge on any atom is -0.385 e. The Kier molecular flexibility index (Phi) is 3.93. The highest BCUT2D eigenvalue weighted by atomic mass is 79.9. The van der Waals surface area contributed by atoms with Crippen molar-refractivity contribution in [3.63, 3.8) is 0 Å². The van der Waals surface area contributed by atoms with E-state index in [-0.39, 0.29) is 12.0 Å². The maximum atomic E-state index is 10.4. The molecule has 84 valence electrons. The largest absolute Gasteiger partial charge is 0.385 e. The molecule has 0 bridgehead atoms. The summed E-state index contributed by atoms with van der Waals surface area (Å²) >= 11 is 3.37. The molecule has 3 atom stereocenters. The number of halogens is 1. The average Bonchev–Trinajstić information content (AvgIpc) is 2.17. The van der Waals surface area contributed by atoms with E-state index in [2.05, 4.69) is 15.9 Å². The van der Waals surface area contributed by atoms with Gasteiger partial charge < -0.3 is 10.8 Å². The first-order valence-corrected chi connectivity index (χ1v) is 5.89. The van der Waals surface area contributed by atoms with E-state index in [1.54, 1.807) is 0 Å². The molecule has 1 aromatic carbocycles. The molecule has 1 rings (SSSR count). The normalized spacial score (nSPS) is 19.3. The highest BCUT2D eigenvalue weighted by Gasteiger charge is 2.32. The van der Waals surface area contributed by atoms with E-state index in [4.69, 9.17) is 5.73 Å². The molecule has 3 N–H and O–H groups in total. The Hall–Kier alpha value is -0.380. The first-order valence-electron chi connectivity index (χ1n) is 5.09. The van der Waals surface area contributed by atoms with E-state index >= 15 is 0 Å². The van der Waals surface area contributed by atoms with Crippen LogP contribution in [0.4, 0.5) is 0 Å². The first kappa shape index (κ1) is 12.7. The number of hydrogen-bond donors (Lipinski definition) is 2. The predicted octanol–water partition coefficient (Wildman–Crippen LogP) is 2.64. The first-order chi connectivity index (χ1) is 6.85. The van der Waals surface area contributed by atoms with E-state index in [1.807, 2.05) is 45.0 Å². The SMILES string of the molecule is CC([C@H](C)N)[C@@](C)(O)c1ccc(Br)cc1. The average molecular weight is 272 g/mol. The Morgan fingerprint density at radius 2 is 1.73 bits per heavy atom. The number of rotatable bonds is 3. The van der Waals surface area contributed by atoms with E-state index in [9.17, 15) is 5.11 Å². The van der Waals surface area contributed by atoms with Crippen molar-refractivity contribution in [1.29, 1.82) is 0 Å². The Bertz CT molecular complexity index is 319. The number of benzene rings is 1. The molecule has 0 aliphatic carbocycles. The second-order valence-electron chi connectivity index (χ2n) is 4.30. The highest BCUT2D eigenvalue weighted by Crippen LogP contribution is 2.31. The van der Waals surface area contributed by atoms with Crippen molar-refractivity contribution in [2.24, 2.45) is 11.7 Å². The maximum absolute atomic E-state index is 10.4. The predicted molar refractivity (Wildman–Crippen MR) is 66.5 cm³/mol. The third kappa shape index (κ3) is 2.80. The summed E-state index contributed by atoms with van der Waals surface area (Å²) in [5, 5.41) is 10.4. The van der Waals surface area contributed by atoms with Crippen molar-refractivity contribution < 1.29 is 5.11 Å². The molecule has 0 aliphatic rings. The van der Waals surface area contributed by atoms with Gasteiger partial charge in [0, 0.05) is 16.4 Å². The topological polar surface area (TPSA) is 46.2 Å². The smallest absolute Gasteiger partial charge is 0.0908 e. The third-order valence-electron chi connectivity index (χ3n) is 3.10. The maximum Gasteiger partial charge on any atom is 0.0908 e. The van der Waals surface area contributed by atoms with Gasteiger partial charge in [-0.3, -0.25) is 0 Å². The summed E-state index contributed by atoms with van der Waals surface area (Å²) in [6.45, 7) is 5.69. The van der Waals surface area contributed by atoms with Gasteiger partial charge in [0.25, 0.3) is 0 Å². The summed E-state index contributed by atoms with van der Waals surface area (Å²) in [5.41, 5.74) is 5.84. The van der Waals surface area contributed by atoms with Crippen LogP contribution in [-0.2, 0) is 5.60 Å². The monoisotopic (exact) mass is 271 g/mol. The van der Waals surface area contributed by atoms with Gasteiger partial charge in [0.15, 0.2) is 0 Å². The number of hydrogen-bond acceptors (Lipinski definition) is 2. The quantitative estimate of drug-likeness (QED) is 0.888. The summed E-state index contributed by atoms with van der Waals surface area (Å²) in [7, 11) is 0. The van der Waals surface area contributed by atoms with Crippen LogP contribution in [-0.4, -0.2) is 11.1 Å². The molecule has 2 nitrogen and oxygen atoms in total. The Morgan fingerprint density at radius 1 is 1.27 bits per heavy atom. The van der Waals surface area contributed by atoms with Crippen molar-refractivity contribution in [2.45, 2.75) is 32.4 Å². The lowest BCUT2D eigenvalue weighted by atomic mass is 9.80. The molecule has 0 saturated carbocycles. The van der Waals surface area contributed by atoms with Gasteiger partial charge in [-0.15, -0.1) is 0 Å². The molecule has 0 aromatic heterocycles. The molecular weight excluding hydrogens is 254 g/mol. The fourth-order valence-corrected chi connectivity index (χ4v) is 1.83. The lowest BCUT2D eigenvalue weighted by Gasteiger charge is -2.33. The van der Waals surface area contributed by atoms with Gasteiger partial charge >= 0.3 is 0 Å². The highest BCUT2D eigenvalue weighted by molar-refractivity contribution is 9.10. The van der Waals surface area contributed by atoms with Crippen LogP contribution in [0.2, 0.25) is 0 Å². The molecule has 0 amide bonds. The zero-order valence-corrected chi connectivity index (χ0v) is 11.0. The van der Waals surface area contributed by atoms with Crippen LogP contribution in [0.5, 0.6) is 0 Å². The number of nitrogens with two attached hydrogens (primary N) is 1. The van der Waals surface area contributed by atoms with Crippen LogP contribution in [0.25, 0.3) is 0 Å². The second-order valence-corrected chi connectivity index (χ2v) is 5.22. The van der Waals surface area contributed by atoms with E-state index in [1.165, 1.54) is 0 Å². The minimum absolute atomic E-state index is 0.0127. The minimum atomic E-state index is -0.880. The van der Waals surface area contributed by atoms with E-state index in [0.717, 1.165) is 10.0 Å². The Balaban J connectivity index is 2.99. The Labute approximate surface area is 99.6 Å². The van der Waals surface area contributed by atoms with Crippen molar-refractivity contribution in [2.75, 3.05) is 0 Å². The molecule has 0 aliphatic heterocycles. The molecule has 0 radical (unpaired) electrons. The number of aliphatic hydroxyl groups is 1. The van der Waals surface area contributed by atoms with Gasteiger partial charge in [-0.2, -0.15) is 0 Å². The molecular formula is C12H18BrNO. The van der Waals surface area contributed by atoms with Gasteiger partial charge in [0.05, 0.1) is 5.60 Å². The van der Waals surface area contributed by atoms with Crippen LogP contribution < -0.4 is 5.73 Å². The molecule has 0 heterocycles. The molecule has 0 saturated heterocycles. The Morgan fingerprint density at radius 3 is 2.13 bits per heavy atom. The van der Waals surface area contributed by atoms with E-state index in [0.29, 0.717) is 0 Å². The van der Waals surface area contributed by atoms with Gasteiger partial charge in [-0.25, -0.2) is 0 Å². The zero-order chi connectivity index (χ0) is 11.6.